The Hall–Kier alpha value is -2.13. The summed E-state index contributed by atoms with van der Waals surface area (Å²) < 4.78 is 32.4. The molecule has 2 aliphatic rings. The fraction of sp³-hybridized carbons (Fsp3) is 0.579. The van der Waals surface area contributed by atoms with Crippen molar-refractivity contribution < 1.29 is 22.7 Å². The van der Waals surface area contributed by atoms with Gasteiger partial charge in [0.2, 0.25) is 15.9 Å². The van der Waals surface area contributed by atoms with Gasteiger partial charge in [0.05, 0.1) is 11.5 Å². The number of piperazine rings is 1. The van der Waals surface area contributed by atoms with Gasteiger partial charge in [-0.1, -0.05) is 17.7 Å². The minimum Gasteiger partial charge on any atom is -0.450 e. The number of ether oxygens (including phenoxy) is 1. The number of hydrogen-bond acceptors (Lipinski definition) is 5. The van der Waals surface area contributed by atoms with Crippen LogP contribution in [0.3, 0.4) is 0 Å². The van der Waals surface area contributed by atoms with E-state index in [-0.39, 0.29) is 16.9 Å². The van der Waals surface area contributed by atoms with Crippen molar-refractivity contribution in [3.8, 4) is 0 Å². The van der Waals surface area contributed by atoms with Gasteiger partial charge in [-0.2, -0.15) is 4.31 Å². The Labute approximate surface area is 166 Å². The van der Waals surface area contributed by atoms with Crippen molar-refractivity contribution in [3.63, 3.8) is 0 Å². The van der Waals surface area contributed by atoms with Crippen molar-refractivity contribution in [2.45, 2.75) is 37.6 Å². The van der Waals surface area contributed by atoms with Crippen LogP contribution in [-0.4, -0.2) is 79.9 Å². The Morgan fingerprint density at radius 3 is 2.25 bits per heavy atom. The molecule has 28 heavy (non-hydrogen) atoms. The largest absolute Gasteiger partial charge is 0.450 e. The Bertz CT molecular complexity index is 816. The minimum absolute atomic E-state index is 0.184. The van der Waals surface area contributed by atoms with E-state index in [2.05, 4.69) is 0 Å². The predicted molar refractivity (Wildman–Crippen MR) is 103 cm³/mol. The zero-order chi connectivity index (χ0) is 20.3. The summed E-state index contributed by atoms with van der Waals surface area (Å²) in [5.41, 5.74) is 0.979. The number of carbonyl (C=O) groups is 2. The van der Waals surface area contributed by atoms with E-state index in [1.165, 1.54) is 4.31 Å². The maximum Gasteiger partial charge on any atom is 0.409 e. The van der Waals surface area contributed by atoms with Crippen LogP contribution >= 0.6 is 0 Å². The predicted octanol–water partition coefficient (Wildman–Crippen LogP) is 1.45. The average molecular weight is 410 g/mol. The molecule has 0 unspecified atom stereocenters. The first-order valence-electron chi connectivity index (χ1n) is 9.63. The van der Waals surface area contributed by atoms with Crippen LogP contribution in [-0.2, 0) is 19.6 Å². The molecule has 2 heterocycles. The number of rotatable bonds is 4. The van der Waals surface area contributed by atoms with Crippen molar-refractivity contribution in [2.75, 3.05) is 39.3 Å². The Kier molecular flexibility index (Phi) is 6.24. The van der Waals surface area contributed by atoms with Crippen LogP contribution in [0.2, 0.25) is 0 Å². The van der Waals surface area contributed by atoms with E-state index in [4.69, 9.17) is 4.74 Å². The molecule has 1 atom stereocenters. The lowest BCUT2D eigenvalue weighted by molar-refractivity contribution is -0.136. The van der Waals surface area contributed by atoms with E-state index in [0.717, 1.165) is 5.56 Å². The van der Waals surface area contributed by atoms with Gasteiger partial charge in [-0.25, -0.2) is 13.2 Å². The smallest absolute Gasteiger partial charge is 0.409 e. The van der Waals surface area contributed by atoms with Crippen molar-refractivity contribution in [2.24, 2.45) is 0 Å². The molecular formula is C19H27N3O5S. The van der Waals surface area contributed by atoms with Crippen LogP contribution in [0, 0.1) is 6.92 Å². The SMILES string of the molecule is CCOC(=O)N1CCN(C(=O)[C@H]2CCCN2S(=O)(=O)c2ccc(C)cc2)CC1. The summed E-state index contributed by atoms with van der Waals surface area (Å²) >= 11 is 0. The number of carbonyl (C=O) groups excluding carboxylic acids is 2. The molecule has 8 nitrogen and oxygen atoms in total. The second kappa shape index (κ2) is 8.48. The van der Waals surface area contributed by atoms with Gasteiger partial charge in [-0.05, 0) is 38.8 Å². The molecule has 0 spiro atoms. The Morgan fingerprint density at radius 1 is 1.04 bits per heavy atom. The zero-order valence-corrected chi connectivity index (χ0v) is 17.2. The van der Waals surface area contributed by atoms with E-state index in [9.17, 15) is 18.0 Å². The molecule has 0 bridgehead atoms. The summed E-state index contributed by atoms with van der Waals surface area (Å²) in [5, 5.41) is 0. The fourth-order valence-electron chi connectivity index (χ4n) is 3.66. The molecule has 1 aromatic rings. The van der Waals surface area contributed by atoms with Gasteiger partial charge in [0.15, 0.2) is 0 Å². The molecule has 9 heteroatoms. The molecule has 3 rings (SSSR count). The van der Waals surface area contributed by atoms with Crippen LogP contribution < -0.4 is 0 Å². The maximum absolute atomic E-state index is 13.0. The standard InChI is InChI=1S/C19H27N3O5S/c1-3-27-19(24)21-13-11-20(12-14-21)18(23)17-5-4-10-22(17)28(25,26)16-8-6-15(2)7-9-16/h6-9,17H,3-5,10-14H2,1-2H3/t17-/m1/s1. The molecule has 2 aliphatic heterocycles. The molecule has 0 radical (unpaired) electrons. The van der Waals surface area contributed by atoms with Gasteiger partial charge >= 0.3 is 6.09 Å². The van der Waals surface area contributed by atoms with Crippen LogP contribution in [0.25, 0.3) is 0 Å². The lowest BCUT2D eigenvalue weighted by atomic mass is 10.2. The van der Waals surface area contributed by atoms with Gasteiger partial charge in [0, 0.05) is 32.7 Å². The lowest BCUT2D eigenvalue weighted by Crippen LogP contribution is -2.55. The highest BCUT2D eigenvalue weighted by atomic mass is 32.2. The number of hydrogen-bond donors (Lipinski definition) is 0. The molecular weight excluding hydrogens is 382 g/mol. The van der Waals surface area contributed by atoms with Gasteiger partial charge in [0.25, 0.3) is 0 Å². The van der Waals surface area contributed by atoms with E-state index in [0.29, 0.717) is 52.2 Å². The second-order valence-electron chi connectivity index (χ2n) is 7.10. The lowest BCUT2D eigenvalue weighted by Gasteiger charge is -2.36. The first-order chi connectivity index (χ1) is 13.3. The number of nitrogens with zero attached hydrogens (tertiary/aromatic N) is 3. The van der Waals surface area contributed by atoms with E-state index in [1.54, 1.807) is 41.0 Å². The van der Waals surface area contributed by atoms with Crippen LogP contribution in [0.15, 0.2) is 29.2 Å². The molecule has 0 aliphatic carbocycles. The van der Waals surface area contributed by atoms with Crippen molar-refractivity contribution >= 4 is 22.0 Å². The molecule has 2 fully saturated rings. The van der Waals surface area contributed by atoms with Gasteiger partial charge in [-0.15, -0.1) is 0 Å². The summed E-state index contributed by atoms with van der Waals surface area (Å²) in [4.78, 5) is 28.3. The number of benzene rings is 1. The van der Waals surface area contributed by atoms with E-state index >= 15 is 0 Å². The summed E-state index contributed by atoms with van der Waals surface area (Å²) in [6, 6.07) is 6.01. The summed E-state index contributed by atoms with van der Waals surface area (Å²) in [5.74, 6) is -0.184. The van der Waals surface area contributed by atoms with Gasteiger partial charge in [-0.3, -0.25) is 4.79 Å². The Morgan fingerprint density at radius 2 is 1.64 bits per heavy atom. The molecule has 2 amide bonds. The highest BCUT2D eigenvalue weighted by Gasteiger charge is 2.41. The second-order valence-corrected chi connectivity index (χ2v) is 8.99. The molecule has 0 saturated carbocycles. The van der Waals surface area contributed by atoms with Crippen molar-refractivity contribution in [1.29, 1.82) is 0 Å². The third-order valence-corrected chi connectivity index (χ3v) is 7.16. The Balaban J connectivity index is 1.68. The van der Waals surface area contributed by atoms with Crippen LogP contribution in [0.4, 0.5) is 4.79 Å². The van der Waals surface area contributed by atoms with Crippen LogP contribution in [0.1, 0.15) is 25.3 Å². The van der Waals surface area contributed by atoms with Gasteiger partial charge < -0.3 is 14.5 Å². The molecule has 0 N–H and O–H groups in total. The third-order valence-electron chi connectivity index (χ3n) is 5.23. The summed E-state index contributed by atoms with van der Waals surface area (Å²) in [6.07, 6.45) is 0.797. The monoisotopic (exact) mass is 409 g/mol. The average Bonchev–Trinajstić information content (AvgIpc) is 3.19. The summed E-state index contributed by atoms with van der Waals surface area (Å²) in [7, 11) is -3.72. The minimum atomic E-state index is -3.72. The number of sulfonamides is 1. The molecule has 1 aromatic carbocycles. The topological polar surface area (TPSA) is 87.2 Å². The number of amides is 2. The van der Waals surface area contributed by atoms with Crippen LogP contribution in [0.5, 0.6) is 0 Å². The fourth-order valence-corrected chi connectivity index (χ4v) is 5.31. The van der Waals surface area contributed by atoms with E-state index in [1.807, 2.05) is 6.92 Å². The quantitative estimate of drug-likeness (QED) is 0.751. The van der Waals surface area contributed by atoms with E-state index < -0.39 is 16.1 Å². The summed E-state index contributed by atoms with van der Waals surface area (Å²) in [6.45, 7) is 5.85. The highest BCUT2D eigenvalue weighted by Crippen LogP contribution is 2.27. The number of aryl methyl sites for hydroxylation is 1. The first-order valence-corrected chi connectivity index (χ1v) is 11.1. The zero-order valence-electron chi connectivity index (χ0n) is 16.3. The first kappa shape index (κ1) is 20.6. The maximum atomic E-state index is 13.0. The van der Waals surface area contributed by atoms with Crippen molar-refractivity contribution in [3.05, 3.63) is 29.8 Å². The highest BCUT2D eigenvalue weighted by molar-refractivity contribution is 7.89. The molecule has 2 saturated heterocycles. The molecule has 154 valence electrons. The third kappa shape index (κ3) is 4.15. The van der Waals surface area contributed by atoms with Gasteiger partial charge in [0.1, 0.15) is 6.04 Å². The molecule has 0 aromatic heterocycles. The normalized spacial score (nSPS) is 21.0. The van der Waals surface area contributed by atoms with Crippen molar-refractivity contribution in [1.82, 2.24) is 14.1 Å².